The Labute approximate surface area is 132 Å². The molecule has 0 aliphatic rings. The van der Waals surface area contributed by atoms with Gasteiger partial charge in [-0.25, -0.2) is 0 Å². The lowest BCUT2D eigenvalue weighted by Crippen LogP contribution is -2.08. The van der Waals surface area contributed by atoms with Crippen molar-refractivity contribution in [3.63, 3.8) is 0 Å². The Morgan fingerprint density at radius 1 is 1.23 bits per heavy atom. The molecule has 0 aliphatic carbocycles. The molecule has 0 aromatic heterocycles. The maximum absolute atomic E-state index is 12.0. The first-order valence-electron chi connectivity index (χ1n) is 7.61. The molecule has 2 rings (SSSR count). The normalized spacial score (nSPS) is 11.7. The lowest BCUT2D eigenvalue weighted by atomic mass is 9.95. The van der Waals surface area contributed by atoms with E-state index in [4.69, 9.17) is 0 Å². The van der Waals surface area contributed by atoms with E-state index in [0.29, 0.717) is 18.2 Å². The van der Waals surface area contributed by atoms with Gasteiger partial charge in [0.05, 0.1) is 0 Å². The van der Waals surface area contributed by atoms with E-state index in [2.05, 4.69) is 13.5 Å². The summed E-state index contributed by atoms with van der Waals surface area (Å²) in [7, 11) is -4.27. The van der Waals surface area contributed by atoms with Crippen LogP contribution in [0.2, 0.25) is 0 Å². The van der Waals surface area contributed by atoms with E-state index in [1.54, 1.807) is 18.2 Å². The summed E-state index contributed by atoms with van der Waals surface area (Å²) >= 11 is 0. The highest BCUT2D eigenvalue weighted by molar-refractivity contribution is 7.86. The Hall–Kier alpha value is -1.65. The van der Waals surface area contributed by atoms with Crippen molar-refractivity contribution in [1.82, 2.24) is 0 Å². The second kappa shape index (κ2) is 7.07. The Kier molecular flexibility index (Phi) is 5.37. The first-order valence-corrected chi connectivity index (χ1v) is 9.05. The van der Waals surface area contributed by atoms with Gasteiger partial charge in [0.25, 0.3) is 10.1 Å². The maximum atomic E-state index is 12.0. The molecule has 1 N–H and O–H groups in total. The fraction of sp³-hybridized carbons (Fsp3) is 0.333. The van der Waals surface area contributed by atoms with Crippen LogP contribution in [0, 0.1) is 0 Å². The Morgan fingerprint density at radius 2 is 1.95 bits per heavy atom. The lowest BCUT2D eigenvalue weighted by molar-refractivity contribution is 0.482. The molecule has 0 aliphatic heterocycles. The van der Waals surface area contributed by atoms with Crippen LogP contribution in [0.25, 0.3) is 10.8 Å². The van der Waals surface area contributed by atoms with Gasteiger partial charge in [0.2, 0.25) is 0 Å². The summed E-state index contributed by atoms with van der Waals surface area (Å²) in [6.45, 7) is 5.86. The topological polar surface area (TPSA) is 54.4 Å². The van der Waals surface area contributed by atoms with Gasteiger partial charge in [-0.05, 0) is 35.8 Å². The quantitative estimate of drug-likeness (QED) is 0.463. The van der Waals surface area contributed by atoms with Crippen LogP contribution in [0.1, 0.15) is 37.3 Å². The SMILES string of the molecule is C=CCc1cc2ccccc2c(S(=O)(=O)O)c1CCCCC. The van der Waals surface area contributed by atoms with Crippen molar-refractivity contribution in [1.29, 1.82) is 0 Å². The van der Waals surface area contributed by atoms with Crippen LogP contribution in [0.5, 0.6) is 0 Å². The highest BCUT2D eigenvalue weighted by Crippen LogP contribution is 2.31. The molecule has 118 valence electrons. The van der Waals surface area contributed by atoms with E-state index >= 15 is 0 Å². The lowest BCUT2D eigenvalue weighted by Gasteiger charge is -2.15. The van der Waals surface area contributed by atoms with Gasteiger partial charge in [0.15, 0.2) is 0 Å². The van der Waals surface area contributed by atoms with Gasteiger partial charge in [-0.1, -0.05) is 56.2 Å². The highest BCUT2D eigenvalue weighted by Gasteiger charge is 2.21. The molecule has 0 amide bonds. The smallest absolute Gasteiger partial charge is 0.282 e. The molecule has 0 heterocycles. The third-order valence-electron chi connectivity index (χ3n) is 3.85. The van der Waals surface area contributed by atoms with E-state index in [9.17, 15) is 13.0 Å². The minimum absolute atomic E-state index is 0.0681. The summed E-state index contributed by atoms with van der Waals surface area (Å²) in [4.78, 5) is 0.0681. The van der Waals surface area contributed by atoms with Crippen LogP contribution >= 0.6 is 0 Å². The molecule has 3 nitrogen and oxygen atoms in total. The molecule has 0 spiro atoms. The number of hydrogen-bond acceptors (Lipinski definition) is 2. The van der Waals surface area contributed by atoms with Gasteiger partial charge in [0, 0.05) is 5.39 Å². The molecule has 2 aromatic carbocycles. The predicted octanol–water partition coefficient (Wildman–Crippen LogP) is 4.55. The van der Waals surface area contributed by atoms with Crippen LogP contribution < -0.4 is 0 Å². The van der Waals surface area contributed by atoms with Gasteiger partial charge in [-0.2, -0.15) is 8.42 Å². The number of hydrogen-bond donors (Lipinski definition) is 1. The van der Waals surface area contributed by atoms with E-state index in [1.807, 2.05) is 18.2 Å². The zero-order valence-corrected chi connectivity index (χ0v) is 13.7. The largest absolute Gasteiger partial charge is 0.295 e. The third kappa shape index (κ3) is 3.57. The van der Waals surface area contributed by atoms with Crippen LogP contribution in [-0.4, -0.2) is 13.0 Å². The molecular weight excluding hydrogens is 296 g/mol. The van der Waals surface area contributed by atoms with Crippen molar-refractivity contribution in [2.45, 2.75) is 43.9 Å². The minimum atomic E-state index is -4.27. The first kappa shape index (κ1) is 16.7. The monoisotopic (exact) mass is 318 g/mol. The summed E-state index contributed by atoms with van der Waals surface area (Å²) in [5.41, 5.74) is 1.66. The fourth-order valence-electron chi connectivity index (χ4n) is 2.87. The van der Waals surface area contributed by atoms with E-state index < -0.39 is 10.1 Å². The van der Waals surface area contributed by atoms with Gasteiger partial charge in [0.1, 0.15) is 4.90 Å². The van der Waals surface area contributed by atoms with Crippen molar-refractivity contribution in [2.24, 2.45) is 0 Å². The second-order valence-corrected chi connectivity index (χ2v) is 6.85. The molecule has 0 fully saturated rings. The van der Waals surface area contributed by atoms with E-state index in [-0.39, 0.29) is 4.90 Å². The number of fused-ring (bicyclic) bond motifs is 1. The summed E-state index contributed by atoms with van der Waals surface area (Å²) < 4.78 is 33.7. The zero-order valence-electron chi connectivity index (χ0n) is 12.9. The molecule has 0 saturated carbocycles. The van der Waals surface area contributed by atoms with Crippen LogP contribution in [0.15, 0.2) is 47.9 Å². The Morgan fingerprint density at radius 3 is 2.59 bits per heavy atom. The van der Waals surface area contributed by atoms with Crippen molar-refractivity contribution in [3.05, 3.63) is 54.1 Å². The van der Waals surface area contributed by atoms with Gasteiger partial charge < -0.3 is 0 Å². The number of rotatable bonds is 7. The maximum Gasteiger partial charge on any atom is 0.295 e. The number of unbranched alkanes of at least 4 members (excludes halogenated alkanes) is 2. The molecule has 0 bridgehead atoms. The highest BCUT2D eigenvalue weighted by atomic mass is 32.2. The molecule has 0 radical (unpaired) electrons. The average molecular weight is 318 g/mol. The van der Waals surface area contributed by atoms with Crippen molar-refractivity contribution in [2.75, 3.05) is 0 Å². The minimum Gasteiger partial charge on any atom is -0.282 e. The summed E-state index contributed by atoms with van der Waals surface area (Å²) in [6.07, 6.45) is 6.01. The fourth-order valence-corrected chi connectivity index (χ4v) is 3.88. The predicted molar refractivity (Wildman–Crippen MR) is 90.9 cm³/mol. The third-order valence-corrected chi connectivity index (χ3v) is 4.83. The molecule has 0 atom stereocenters. The standard InChI is InChI=1S/C18H22O3S/c1-3-5-6-11-16-14(9-4-2)13-15-10-7-8-12-17(15)18(16)22(19,20)21/h4,7-8,10,12-13H,2-3,5-6,9,11H2,1H3,(H,19,20,21). The van der Waals surface area contributed by atoms with E-state index in [1.165, 1.54) is 0 Å². The summed E-state index contributed by atoms with van der Waals surface area (Å²) in [5.74, 6) is 0. The van der Waals surface area contributed by atoms with E-state index in [0.717, 1.165) is 35.8 Å². The van der Waals surface area contributed by atoms with Gasteiger partial charge in [-0.3, -0.25) is 4.55 Å². The van der Waals surface area contributed by atoms with Crippen LogP contribution in [-0.2, 0) is 23.0 Å². The first-order chi connectivity index (χ1) is 10.5. The summed E-state index contributed by atoms with van der Waals surface area (Å²) in [6, 6.07) is 9.28. The second-order valence-electron chi connectivity index (χ2n) is 5.49. The van der Waals surface area contributed by atoms with Crippen LogP contribution in [0.3, 0.4) is 0 Å². The molecular formula is C18H22O3S. The molecule has 0 unspecified atom stereocenters. The van der Waals surface area contributed by atoms with Crippen molar-refractivity contribution < 1.29 is 13.0 Å². The molecule has 2 aromatic rings. The average Bonchev–Trinajstić information content (AvgIpc) is 2.46. The molecule has 0 saturated heterocycles. The molecule has 22 heavy (non-hydrogen) atoms. The van der Waals surface area contributed by atoms with Gasteiger partial charge in [-0.15, -0.1) is 6.58 Å². The van der Waals surface area contributed by atoms with Crippen LogP contribution in [0.4, 0.5) is 0 Å². The summed E-state index contributed by atoms with van der Waals surface area (Å²) in [5, 5.41) is 1.41. The van der Waals surface area contributed by atoms with Gasteiger partial charge >= 0.3 is 0 Å². The Bertz CT molecular complexity index is 776. The van der Waals surface area contributed by atoms with Crippen molar-refractivity contribution >= 4 is 20.9 Å². The number of benzene rings is 2. The Balaban J connectivity index is 2.74. The van der Waals surface area contributed by atoms with Crippen molar-refractivity contribution in [3.8, 4) is 0 Å². The number of allylic oxidation sites excluding steroid dienone is 1. The zero-order chi connectivity index (χ0) is 16.2. The molecule has 4 heteroatoms.